The van der Waals surface area contributed by atoms with Crippen LogP contribution in [0.25, 0.3) is 10.9 Å². The molecule has 18 N–H and O–H groups in total. The van der Waals surface area contributed by atoms with Crippen molar-refractivity contribution < 1.29 is 83.1 Å². The number of carbonyl (C=O) groups is 12. The van der Waals surface area contributed by atoms with E-state index in [4.69, 9.17) is 11.5 Å². The highest BCUT2D eigenvalue weighted by atomic mass is 16.4. The maximum atomic E-state index is 14.2. The number of rotatable bonds is 33. The fourth-order valence-corrected chi connectivity index (χ4v) is 10.4. The predicted octanol–water partition coefficient (Wildman–Crippen LogP) is -1.46. The fraction of sp³-hybridized carbons (Fsp3) is 0.397. The van der Waals surface area contributed by atoms with E-state index in [1.165, 1.54) is 53.4 Å². The minimum Gasteiger partial charge on any atom is -0.508 e. The lowest BCUT2D eigenvalue weighted by Crippen LogP contribution is -2.60. The van der Waals surface area contributed by atoms with Crippen LogP contribution in [0.4, 0.5) is 0 Å². The number of phenols is 2. The molecule has 0 unspecified atom stereocenters. The van der Waals surface area contributed by atoms with E-state index in [0.717, 1.165) is 23.4 Å². The van der Waals surface area contributed by atoms with E-state index in [1.807, 2.05) is 24.3 Å². The normalized spacial score (nSPS) is 15.8. The van der Waals surface area contributed by atoms with Crippen molar-refractivity contribution in [1.82, 2.24) is 52.4 Å². The number of carboxylic acid groups (broad SMARTS) is 2. The number of carbonyl (C=O) groups excluding carboxylic acids is 10. The highest BCUT2D eigenvalue weighted by Crippen LogP contribution is 2.23. The van der Waals surface area contributed by atoms with Crippen molar-refractivity contribution in [2.24, 2.45) is 17.4 Å². The number of aliphatic hydroxyl groups excluding tert-OH is 1. The van der Waals surface area contributed by atoms with Crippen molar-refractivity contribution in [3.05, 3.63) is 132 Å². The third kappa shape index (κ3) is 21.1. The molecular weight excluding hydrogens is 1200 g/mol. The lowest BCUT2D eigenvalue weighted by Gasteiger charge is -2.29. The van der Waals surface area contributed by atoms with Gasteiger partial charge in [-0.3, -0.25) is 52.7 Å². The molecule has 2 heterocycles. The molecule has 29 nitrogen and oxygen atoms in total. The van der Waals surface area contributed by atoms with Gasteiger partial charge in [-0.05, 0) is 91.1 Å². The van der Waals surface area contributed by atoms with Crippen LogP contribution in [0, 0.1) is 5.92 Å². The van der Waals surface area contributed by atoms with Gasteiger partial charge in [0.15, 0.2) is 6.04 Å². The van der Waals surface area contributed by atoms with Crippen LogP contribution in [-0.2, 0) is 83.2 Å². The maximum absolute atomic E-state index is 14.2. The molecule has 4 aromatic carbocycles. The summed E-state index contributed by atoms with van der Waals surface area (Å²) < 4.78 is 0. The molecule has 10 amide bonds. The molecule has 92 heavy (non-hydrogen) atoms. The number of aromatic hydroxyl groups is 2. The van der Waals surface area contributed by atoms with Crippen molar-refractivity contribution in [3.63, 3.8) is 0 Å². The molecule has 10 atom stereocenters. The molecule has 0 aliphatic carbocycles. The zero-order valence-electron chi connectivity index (χ0n) is 50.8. The SMILES string of the molecule is CC(C)C[C@H](NC(=O)[C@@H]1CCCN1C(=O)[C@@H](N)Cc1c[nH]c2ccccc12)C(=O)N[C@@H](CC(N)=O)C(=O)N[C@@H](CC(=O)O)C(=O)N[C@@H](Cc1ccc(O)cc1)C(=O)NCC(=O)N[C@@H](Cc1ccccc1)C(=O)N[C@@H](Cc1ccc(O)cc1)C(=O)N[C@H](C(=O)O)[C@@H](C)O. The fourth-order valence-electron chi connectivity index (χ4n) is 10.4. The van der Waals surface area contributed by atoms with Crippen molar-refractivity contribution in [2.45, 2.75) is 139 Å². The van der Waals surface area contributed by atoms with Crippen LogP contribution in [0.3, 0.4) is 0 Å². The monoisotopic (exact) mass is 1270 g/mol. The number of benzene rings is 4. The molecule has 1 aliphatic rings. The highest BCUT2D eigenvalue weighted by molar-refractivity contribution is 6.00. The Morgan fingerprint density at radius 1 is 0.576 bits per heavy atom. The minimum atomic E-state index is -2.04. The highest BCUT2D eigenvalue weighted by Gasteiger charge is 2.40. The third-order valence-corrected chi connectivity index (χ3v) is 15.1. The lowest BCUT2D eigenvalue weighted by atomic mass is 10.0. The quantitative estimate of drug-likeness (QED) is 0.0228. The van der Waals surface area contributed by atoms with Gasteiger partial charge in [0.1, 0.15) is 53.8 Å². The number of aromatic nitrogens is 1. The molecule has 0 radical (unpaired) electrons. The summed E-state index contributed by atoms with van der Waals surface area (Å²) in [5.74, 6) is -13.7. The van der Waals surface area contributed by atoms with Crippen molar-refractivity contribution >= 4 is 81.9 Å². The van der Waals surface area contributed by atoms with Gasteiger partial charge in [-0.1, -0.05) is 86.6 Å². The zero-order valence-corrected chi connectivity index (χ0v) is 50.8. The summed E-state index contributed by atoms with van der Waals surface area (Å²) in [7, 11) is 0. The van der Waals surface area contributed by atoms with Crippen LogP contribution >= 0.6 is 0 Å². The average molecular weight is 1280 g/mol. The summed E-state index contributed by atoms with van der Waals surface area (Å²) in [6.45, 7) is 3.93. The molecule has 29 heteroatoms. The van der Waals surface area contributed by atoms with Gasteiger partial charge in [-0.15, -0.1) is 0 Å². The predicted molar refractivity (Wildman–Crippen MR) is 330 cm³/mol. The molecule has 0 bridgehead atoms. The number of carboxylic acids is 2. The van der Waals surface area contributed by atoms with Crippen molar-refractivity contribution in [2.75, 3.05) is 13.1 Å². The van der Waals surface area contributed by atoms with Gasteiger partial charge in [0.25, 0.3) is 0 Å². The molecule has 0 saturated carbocycles. The number of fused-ring (bicyclic) bond motifs is 1. The van der Waals surface area contributed by atoms with E-state index in [0.29, 0.717) is 23.1 Å². The van der Waals surface area contributed by atoms with E-state index in [2.05, 4.69) is 47.5 Å². The van der Waals surface area contributed by atoms with Crippen LogP contribution < -0.4 is 54.0 Å². The Labute approximate surface area is 528 Å². The van der Waals surface area contributed by atoms with E-state index in [1.54, 1.807) is 50.4 Å². The van der Waals surface area contributed by atoms with Crippen LogP contribution in [0.1, 0.15) is 75.1 Å². The van der Waals surface area contributed by atoms with Crippen LogP contribution in [0.15, 0.2) is 109 Å². The summed E-state index contributed by atoms with van der Waals surface area (Å²) in [5, 5.41) is 69.8. The zero-order chi connectivity index (χ0) is 67.3. The number of nitrogens with zero attached hydrogens (tertiary/aromatic N) is 1. The Bertz CT molecular complexity index is 3450. The molecule has 5 aromatic rings. The molecule has 1 fully saturated rings. The lowest BCUT2D eigenvalue weighted by molar-refractivity contribution is -0.145. The van der Waals surface area contributed by atoms with Gasteiger partial charge < -0.3 is 89.4 Å². The number of nitrogens with one attached hydrogen (secondary N) is 9. The number of hydrogen-bond acceptors (Lipinski definition) is 16. The second kappa shape index (κ2) is 33.4. The summed E-state index contributed by atoms with van der Waals surface area (Å²) in [6, 6.07) is 12.7. The van der Waals surface area contributed by atoms with Gasteiger partial charge in [0.05, 0.1) is 31.5 Å². The molecule has 0 spiro atoms. The van der Waals surface area contributed by atoms with Gasteiger partial charge in [0, 0.05) is 42.9 Å². The smallest absolute Gasteiger partial charge is 0.328 e. The summed E-state index contributed by atoms with van der Waals surface area (Å²) >= 11 is 0. The Hall–Kier alpha value is -10.4. The summed E-state index contributed by atoms with van der Waals surface area (Å²) in [6.07, 6.45) is -1.87. The molecule has 492 valence electrons. The van der Waals surface area contributed by atoms with Gasteiger partial charge in [-0.25, -0.2) is 4.79 Å². The van der Waals surface area contributed by atoms with Crippen LogP contribution in [0.2, 0.25) is 0 Å². The maximum Gasteiger partial charge on any atom is 0.328 e. The first-order valence-corrected chi connectivity index (χ1v) is 29.7. The van der Waals surface area contributed by atoms with Gasteiger partial charge >= 0.3 is 11.9 Å². The number of para-hydroxylation sites is 1. The number of amides is 10. The number of aliphatic hydroxyl groups is 1. The average Bonchev–Trinajstić information content (AvgIpc) is 1.77. The van der Waals surface area contributed by atoms with E-state index in [-0.39, 0.29) is 62.5 Å². The topological polar surface area (TPSA) is 473 Å². The Kier molecular flexibility index (Phi) is 25.7. The third-order valence-electron chi connectivity index (χ3n) is 15.1. The Morgan fingerprint density at radius 2 is 1.07 bits per heavy atom. The first-order valence-electron chi connectivity index (χ1n) is 29.7. The van der Waals surface area contributed by atoms with E-state index in [9.17, 15) is 83.1 Å². The van der Waals surface area contributed by atoms with Gasteiger partial charge in [0.2, 0.25) is 59.1 Å². The number of phenolic OH excluding ortho intramolecular Hbond substituents is 2. The number of primary amides is 1. The van der Waals surface area contributed by atoms with Crippen LogP contribution in [0.5, 0.6) is 11.5 Å². The first-order chi connectivity index (χ1) is 43.6. The number of aliphatic carboxylic acids is 2. The largest absolute Gasteiger partial charge is 0.508 e. The van der Waals surface area contributed by atoms with Crippen molar-refractivity contribution in [1.29, 1.82) is 0 Å². The van der Waals surface area contributed by atoms with Crippen molar-refractivity contribution in [3.8, 4) is 11.5 Å². The standard InChI is InChI=1S/C63H78N12O17/c1-33(2)24-44(73-61(89)50-14-9-23-75(50)62(90)42(64)28-38-31-66-43-13-8-7-12-41(38)43)56(84)71-48(29-51(65)79)58(86)72-49(30-53(81)82)59(87)69-45(26-36-15-19-39(77)20-16-36)55(83)67-32-52(80)68-46(25-35-10-5-4-6-11-35)57(85)70-47(27-37-17-21-40(78)22-18-37)60(88)74-54(34(3)76)63(91)92/h4-8,10-13,15-22,31,33-34,42,44-50,54,66,76-78H,9,14,23-30,32,64H2,1-3H3,(H2,65,79)(H,67,83)(H,68,80)(H,69,87)(H,70,85)(H,71,84)(H,72,86)(H,73,89)(H,74,88)(H,81,82)(H,91,92)/t34-,42+,44+,45+,46+,47+,48+,49+,50+,54+/m1/s1. The van der Waals surface area contributed by atoms with Crippen LogP contribution in [-0.4, -0.2) is 180 Å². The Balaban J connectivity index is 1.15. The first kappa shape index (κ1) is 70.7. The Morgan fingerprint density at radius 3 is 1.61 bits per heavy atom. The van der Waals surface area contributed by atoms with Gasteiger partial charge in [-0.2, -0.15) is 0 Å². The second-order valence-corrected chi connectivity index (χ2v) is 22.9. The number of aromatic amines is 1. The summed E-state index contributed by atoms with van der Waals surface area (Å²) in [4.78, 5) is 167. The number of nitrogens with two attached hydrogens (primary N) is 2. The second-order valence-electron chi connectivity index (χ2n) is 22.9. The molecular formula is C63H78N12O17. The number of likely N-dealkylation sites (tertiary alicyclic amines) is 1. The summed E-state index contributed by atoms with van der Waals surface area (Å²) in [5.41, 5.74) is 14.8. The molecule has 1 saturated heterocycles. The minimum absolute atomic E-state index is 0.0172. The number of H-pyrrole nitrogens is 1. The molecule has 1 aliphatic heterocycles. The molecule has 6 rings (SSSR count). The number of hydrogen-bond donors (Lipinski definition) is 16. The van der Waals surface area contributed by atoms with E-state index < -0.39 is 151 Å². The molecule has 1 aromatic heterocycles. The van der Waals surface area contributed by atoms with E-state index >= 15 is 0 Å².